The van der Waals surface area contributed by atoms with E-state index < -0.39 is 22.7 Å². The van der Waals surface area contributed by atoms with Gasteiger partial charge in [-0.25, -0.2) is 9.69 Å². The second-order valence-electron chi connectivity index (χ2n) is 6.80. The Morgan fingerprint density at radius 1 is 1.07 bits per heavy atom. The van der Waals surface area contributed by atoms with E-state index in [0.29, 0.717) is 5.92 Å². The number of hydrogen-bond donors (Lipinski definition) is 0. The lowest BCUT2D eigenvalue weighted by Crippen LogP contribution is -2.29. The van der Waals surface area contributed by atoms with Gasteiger partial charge >= 0.3 is 5.97 Å². The van der Waals surface area contributed by atoms with E-state index in [1.807, 2.05) is 13.8 Å². The van der Waals surface area contributed by atoms with Crippen molar-refractivity contribution in [1.29, 1.82) is 0 Å². The predicted molar refractivity (Wildman–Crippen MR) is 100 cm³/mol. The van der Waals surface area contributed by atoms with E-state index in [0.717, 1.165) is 11.3 Å². The molecule has 0 atom stereocenters. The van der Waals surface area contributed by atoms with Crippen molar-refractivity contribution in [2.24, 2.45) is 5.92 Å². The van der Waals surface area contributed by atoms with E-state index in [-0.39, 0.29) is 34.7 Å². The number of benzene rings is 2. The van der Waals surface area contributed by atoms with Gasteiger partial charge in [-0.15, -0.1) is 0 Å². The molecule has 8 nitrogen and oxygen atoms in total. The number of imide groups is 1. The Balaban J connectivity index is 1.83. The van der Waals surface area contributed by atoms with Crippen LogP contribution in [-0.4, -0.2) is 29.3 Å². The summed E-state index contributed by atoms with van der Waals surface area (Å²) in [6, 6.07) is 9.31. The Kier molecular flexibility index (Phi) is 5.21. The minimum atomic E-state index is -0.592. The van der Waals surface area contributed by atoms with Crippen molar-refractivity contribution in [2.75, 3.05) is 11.5 Å². The van der Waals surface area contributed by atoms with Gasteiger partial charge in [0.1, 0.15) is 0 Å². The second kappa shape index (κ2) is 7.59. The van der Waals surface area contributed by atoms with Crippen LogP contribution in [0.3, 0.4) is 0 Å². The molecule has 0 aromatic heterocycles. The highest BCUT2D eigenvalue weighted by atomic mass is 16.6. The average molecular weight is 382 g/mol. The fourth-order valence-corrected chi connectivity index (χ4v) is 2.80. The zero-order chi connectivity index (χ0) is 20.4. The Bertz CT molecular complexity index is 965. The van der Waals surface area contributed by atoms with Crippen LogP contribution in [0.1, 0.15) is 51.3 Å². The van der Waals surface area contributed by atoms with Crippen LogP contribution in [-0.2, 0) is 4.74 Å². The lowest BCUT2D eigenvalue weighted by atomic mass is 10.1. The average Bonchev–Trinajstić information content (AvgIpc) is 2.91. The summed E-state index contributed by atoms with van der Waals surface area (Å²) in [5.41, 5.74) is 0.530. The number of nitro benzene ring substituents is 1. The number of rotatable bonds is 6. The molecule has 0 unspecified atom stereocenters. The van der Waals surface area contributed by atoms with Gasteiger partial charge in [0.25, 0.3) is 17.5 Å². The quantitative estimate of drug-likeness (QED) is 0.327. The van der Waals surface area contributed by atoms with E-state index in [1.165, 1.54) is 42.5 Å². The molecule has 0 aliphatic carbocycles. The van der Waals surface area contributed by atoms with E-state index in [9.17, 15) is 24.5 Å². The predicted octanol–water partition coefficient (Wildman–Crippen LogP) is 3.60. The fourth-order valence-electron chi connectivity index (χ4n) is 2.80. The number of hydrogen-bond acceptors (Lipinski definition) is 6. The maximum Gasteiger partial charge on any atom is 0.338 e. The van der Waals surface area contributed by atoms with Crippen molar-refractivity contribution in [3.8, 4) is 0 Å². The highest BCUT2D eigenvalue weighted by molar-refractivity contribution is 6.34. The van der Waals surface area contributed by atoms with E-state index >= 15 is 0 Å². The van der Waals surface area contributed by atoms with Gasteiger partial charge in [0, 0.05) is 12.1 Å². The minimum absolute atomic E-state index is 0.0988. The molecular formula is C20H18N2O6. The Morgan fingerprint density at radius 2 is 1.71 bits per heavy atom. The molecule has 0 N–H and O–H groups in total. The molecule has 0 bridgehead atoms. The largest absolute Gasteiger partial charge is 0.462 e. The number of carbonyl (C=O) groups is 3. The summed E-state index contributed by atoms with van der Waals surface area (Å²) in [5.74, 6) is -1.31. The third-order valence-corrected chi connectivity index (χ3v) is 4.37. The van der Waals surface area contributed by atoms with Crippen molar-refractivity contribution in [3.05, 3.63) is 69.3 Å². The summed E-state index contributed by atoms with van der Waals surface area (Å²) in [6.45, 7) is 4.30. The van der Waals surface area contributed by atoms with Crippen LogP contribution in [0, 0.1) is 16.0 Å². The van der Waals surface area contributed by atoms with Gasteiger partial charge in [-0.05, 0) is 42.7 Å². The Labute approximate surface area is 160 Å². The Morgan fingerprint density at radius 3 is 2.32 bits per heavy atom. The minimum Gasteiger partial charge on any atom is -0.462 e. The van der Waals surface area contributed by atoms with E-state index in [2.05, 4.69) is 0 Å². The monoisotopic (exact) mass is 382 g/mol. The second-order valence-corrected chi connectivity index (χ2v) is 6.80. The third-order valence-electron chi connectivity index (χ3n) is 4.37. The molecule has 1 aliphatic rings. The normalized spacial score (nSPS) is 13.0. The molecule has 3 rings (SSSR count). The molecule has 0 saturated carbocycles. The molecule has 0 spiro atoms. The number of non-ortho nitro benzene ring substituents is 1. The third kappa shape index (κ3) is 3.62. The highest BCUT2D eigenvalue weighted by Gasteiger charge is 2.37. The van der Waals surface area contributed by atoms with Crippen LogP contribution < -0.4 is 4.90 Å². The number of nitrogens with zero attached hydrogens (tertiary/aromatic N) is 2. The first kappa shape index (κ1) is 19.2. The summed E-state index contributed by atoms with van der Waals surface area (Å²) >= 11 is 0. The van der Waals surface area contributed by atoms with Crippen molar-refractivity contribution in [3.63, 3.8) is 0 Å². The summed E-state index contributed by atoms with van der Waals surface area (Å²) < 4.78 is 5.20. The maximum atomic E-state index is 12.7. The van der Waals surface area contributed by atoms with Crippen LogP contribution in [0.25, 0.3) is 0 Å². The molecule has 1 aliphatic heterocycles. The molecule has 1 heterocycles. The highest BCUT2D eigenvalue weighted by Crippen LogP contribution is 2.30. The van der Waals surface area contributed by atoms with Crippen LogP contribution in [0.5, 0.6) is 0 Å². The van der Waals surface area contributed by atoms with Gasteiger partial charge in [-0.2, -0.15) is 0 Å². The van der Waals surface area contributed by atoms with Crippen LogP contribution in [0.4, 0.5) is 11.4 Å². The summed E-state index contributed by atoms with van der Waals surface area (Å²) in [5, 5.41) is 10.8. The molecule has 0 saturated heterocycles. The number of nitro groups is 1. The van der Waals surface area contributed by atoms with Gasteiger partial charge in [-0.3, -0.25) is 19.7 Å². The molecular weight excluding hydrogens is 364 g/mol. The van der Waals surface area contributed by atoms with Gasteiger partial charge in [0.2, 0.25) is 0 Å². The van der Waals surface area contributed by atoms with Gasteiger partial charge in [0.05, 0.1) is 33.9 Å². The van der Waals surface area contributed by atoms with E-state index in [1.54, 1.807) is 0 Å². The SMILES string of the molecule is CC(C)CCOC(=O)c1ccc2c(c1)C(=O)N(c1ccc([N+](=O)[O-])cc1)C2=O. The van der Waals surface area contributed by atoms with Gasteiger partial charge in [-0.1, -0.05) is 13.8 Å². The summed E-state index contributed by atoms with van der Waals surface area (Å²) in [7, 11) is 0. The van der Waals surface area contributed by atoms with Crippen molar-refractivity contribution >= 4 is 29.2 Å². The van der Waals surface area contributed by atoms with Crippen molar-refractivity contribution in [1.82, 2.24) is 0 Å². The number of ether oxygens (including phenoxy) is 1. The molecule has 2 amide bonds. The zero-order valence-electron chi connectivity index (χ0n) is 15.4. The Hall–Kier alpha value is -3.55. The molecule has 0 fully saturated rings. The summed E-state index contributed by atoms with van der Waals surface area (Å²) in [6.07, 6.45) is 0.724. The van der Waals surface area contributed by atoms with Crippen molar-refractivity contribution < 1.29 is 24.0 Å². The van der Waals surface area contributed by atoms with Crippen LogP contribution in [0.15, 0.2) is 42.5 Å². The zero-order valence-corrected chi connectivity index (χ0v) is 15.4. The van der Waals surface area contributed by atoms with Crippen LogP contribution >= 0.6 is 0 Å². The molecule has 8 heteroatoms. The number of anilines is 1. The molecule has 144 valence electrons. The number of fused-ring (bicyclic) bond motifs is 1. The lowest BCUT2D eigenvalue weighted by molar-refractivity contribution is -0.384. The standard InChI is InChI=1S/C20H18N2O6/c1-12(2)9-10-28-20(25)13-3-8-16-17(11-13)19(24)21(18(16)23)14-4-6-15(7-5-14)22(26)27/h3-8,11-12H,9-10H2,1-2H3. The van der Waals surface area contributed by atoms with Gasteiger partial charge < -0.3 is 4.74 Å². The van der Waals surface area contributed by atoms with E-state index in [4.69, 9.17) is 4.74 Å². The van der Waals surface area contributed by atoms with Crippen molar-refractivity contribution in [2.45, 2.75) is 20.3 Å². The molecule has 0 radical (unpaired) electrons. The number of carbonyl (C=O) groups excluding carboxylic acids is 3. The molecule has 2 aromatic carbocycles. The summed E-state index contributed by atoms with van der Waals surface area (Å²) in [4.78, 5) is 48.6. The first-order chi connectivity index (χ1) is 13.3. The first-order valence-electron chi connectivity index (χ1n) is 8.74. The fraction of sp³-hybridized carbons (Fsp3) is 0.250. The topological polar surface area (TPSA) is 107 Å². The molecule has 28 heavy (non-hydrogen) atoms. The van der Waals surface area contributed by atoms with Crippen LogP contribution in [0.2, 0.25) is 0 Å². The smallest absolute Gasteiger partial charge is 0.338 e. The first-order valence-corrected chi connectivity index (χ1v) is 8.74. The number of amides is 2. The number of esters is 1. The molecule has 2 aromatic rings. The lowest BCUT2D eigenvalue weighted by Gasteiger charge is -2.13. The maximum absolute atomic E-state index is 12.7. The van der Waals surface area contributed by atoms with Gasteiger partial charge in [0.15, 0.2) is 0 Å².